The van der Waals surface area contributed by atoms with Gasteiger partial charge in [0.2, 0.25) is 11.9 Å². The highest BCUT2D eigenvalue weighted by Crippen LogP contribution is 2.43. The normalized spacial score (nSPS) is 18.7. The Hall–Kier alpha value is -3.54. The summed E-state index contributed by atoms with van der Waals surface area (Å²) in [4.78, 5) is 29.6. The molecule has 3 aromatic rings. The van der Waals surface area contributed by atoms with Gasteiger partial charge in [-0.1, -0.05) is 24.2 Å². The van der Waals surface area contributed by atoms with Gasteiger partial charge >= 0.3 is 0 Å². The Morgan fingerprint density at radius 2 is 1.77 bits per heavy atom. The number of aromatic hydroxyl groups is 1. The number of ether oxygens (including phenoxy) is 1. The minimum absolute atomic E-state index is 0.0125. The molecule has 0 atom stereocenters. The number of hydrogen-bond donors (Lipinski definition) is 1. The minimum atomic E-state index is -0.835. The van der Waals surface area contributed by atoms with Crippen molar-refractivity contribution in [3.8, 4) is 16.9 Å². The van der Waals surface area contributed by atoms with Crippen molar-refractivity contribution in [1.82, 2.24) is 19.8 Å². The zero-order valence-electron chi connectivity index (χ0n) is 21.8. The van der Waals surface area contributed by atoms with Gasteiger partial charge in [-0.15, -0.1) is 0 Å². The molecule has 0 saturated carbocycles. The molecular formula is C28H29ClF2N6O3. The van der Waals surface area contributed by atoms with Crippen LogP contribution in [-0.4, -0.2) is 102 Å². The Morgan fingerprint density at radius 1 is 1.05 bits per heavy atom. The van der Waals surface area contributed by atoms with Crippen molar-refractivity contribution in [2.75, 3.05) is 75.4 Å². The average molecular weight is 571 g/mol. The lowest BCUT2D eigenvalue weighted by molar-refractivity contribution is -0.126. The lowest BCUT2D eigenvalue weighted by Crippen LogP contribution is -2.62. The first-order valence-corrected chi connectivity index (χ1v) is 13.6. The first kappa shape index (κ1) is 26.7. The van der Waals surface area contributed by atoms with E-state index in [1.165, 1.54) is 24.3 Å². The maximum atomic E-state index is 16.3. The second kappa shape index (κ2) is 10.8. The third-order valence-corrected chi connectivity index (χ3v) is 8.16. The van der Waals surface area contributed by atoms with Gasteiger partial charge in [0.1, 0.15) is 22.9 Å². The summed E-state index contributed by atoms with van der Waals surface area (Å²) in [6.07, 6.45) is 1.29. The number of benzene rings is 2. The third-order valence-electron chi connectivity index (χ3n) is 7.87. The SMILES string of the molecule is C=CC(=O)N1CCN(c2nc(N3CC(N4CCOCC4)C3)nc3c(F)c(-c4c(O)cccc4F)c(Cl)cc23)CC1. The predicted molar refractivity (Wildman–Crippen MR) is 149 cm³/mol. The Kier molecular flexibility index (Phi) is 7.20. The van der Waals surface area contributed by atoms with Crippen molar-refractivity contribution in [3.05, 3.63) is 53.6 Å². The molecule has 3 aliphatic heterocycles. The van der Waals surface area contributed by atoms with E-state index in [0.29, 0.717) is 75.7 Å². The summed E-state index contributed by atoms with van der Waals surface area (Å²) in [6, 6.07) is 5.60. The number of piperazine rings is 1. The number of rotatable bonds is 5. The Morgan fingerprint density at radius 3 is 2.45 bits per heavy atom. The minimum Gasteiger partial charge on any atom is -0.507 e. The van der Waals surface area contributed by atoms with Crippen LogP contribution in [0.1, 0.15) is 0 Å². The number of amides is 1. The lowest BCUT2D eigenvalue weighted by Gasteiger charge is -2.46. The average Bonchev–Trinajstić information content (AvgIpc) is 2.94. The highest BCUT2D eigenvalue weighted by molar-refractivity contribution is 6.34. The quantitative estimate of drug-likeness (QED) is 0.468. The highest BCUT2D eigenvalue weighted by atomic mass is 35.5. The summed E-state index contributed by atoms with van der Waals surface area (Å²) in [7, 11) is 0. The van der Waals surface area contributed by atoms with Crippen LogP contribution in [0, 0.1) is 11.6 Å². The number of carbonyl (C=O) groups is 1. The summed E-state index contributed by atoms with van der Waals surface area (Å²) in [6.45, 7) is 9.89. The molecule has 2 aromatic carbocycles. The van der Waals surface area contributed by atoms with Crippen molar-refractivity contribution in [1.29, 1.82) is 0 Å². The molecule has 0 radical (unpaired) electrons. The fraction of sp³-hybridized carbons (Fsp3) is 0.393. The maximum Gasteiger partial charge on any atom is 0.246 e. The molecule has 1 aromatic heterocycles. The topological polar surface area (TPSA) is 85.3 Å². The number of halogens is 3. The number of hydrogen-bond acceptors (Lipinski definition) is 8. The summed E-state index contributed by atoms with van der Waals surface area (Å²) in [5.41, 5.74) is -0.584. The van der Waals surface area contributed by atoms with E-state index in [-0.39, 0.29) is 27.6 Å². The first-order valence-electron chi connectivity index (χ1n) is 13.3. The van der Waals surface area contributed by atoms with Gasteiger partial charge in [0.15, 0.2) is 5.82 Å². The maximum absolute atomic E-state index is 16.3. The van der Waals surface area contributed by atoms with Crippen LogP contribution in [-0.2, 0) is 9.53 Å². The van der Waals surface area contributed by atoms with Crippen LogP contribution in [0.25, 0.3) is 22.0 Å². The number of phenols is 1. The van der Waals surface area contributed by atoms with Crippen LogP contribution in [0.2, 0.25) is 5.02 Å². The summed E-state index contributed by atoms with van der Waals surface area (Å²) in [5.74, 6) is -1.35. The van der Waals surface area contributed by atoms with E-state index in [4.69, 9.17) is 21.3 Å². The van der Waals surface area contributed by atoms with E-state index in [1.54, 1.807) is 4.90 Å². The molecule has 210 valence electrons. The molecule has 4 heterocycles. The number of anilines is 2. The van der Waals surface area contributed by atoms with Gasteiger partial charge in [0, 0.05) is 69.3 Å². The van der Waals surface area contributed by atoms with E-state index in [9.17, 15) is 14.3 Å². The zero-order valence-corrected chi connectivity index (χ0v) is 22.6. The molecule has 3 saturated heterocycles. The molecule has 9 nitrogen and oxygen atoms in total. The van der Waals surface area contributed by atoms with Crippen LogP contribution in [0.15, 0.2) is 36.9 Å². The van der Waals surface area contributed by atoms with Crippen molar-refractivity contribution < 1.29 is 23.4 Å². The van der Waals surface area contributed by atoms with E-state index < -0.39 is 17.4 Å². The second-order valence-corrected chi connectivity index (χ2v) is 10.6. The highest BCUT2D eigenvalue weighted by Gasteiger charge is 2.35. The van der Waals surface area contributed by atoms with Crippen molar-refractivity contribution in [2.24, 2.45) is 0 Å². The van der Waals surface area contributed by atoms with Crippen molar-refractivity contribution in [2.45, 2.75) is 6.04 Å². The Balaban J connectivity index is 1.42. The second-order valence-electron chi connectivity index (χ2n) is 10.1. The zero-order chi connectivity index (χ0) is 28.0. The first-order chi connectivity index (χ1) is 19.4. The summed E-state index contributed by atoms with van der Waals surface area (Å²) in [5, 5.41) is 10.7. The number of nitrogens with zero attached hydrogens (tertiary/aromatic N) is 6. The van der Waals surface area contributed by atoms with Gasteiger partial charge in [-0.3, -0.25) is 9.69 Å². The van der Waals surface area contributed by atoms with Crippen LogP contribution in [0.3, 0.4) is 0 Å². The van der Waals surface area contributed by atoms with Gasteiger partial charge in [0.25, 0.3) is 0 Å². The standard InChI is InChI=1S/C28H29ClF2N6O3/c1-2-22(39)35-6-8-36(9-7-35)27-18-14-19(29)23(24-20(30)4-3-5-21(24)38)25(31)26(18)32-28(33-27)37-15-17(16-37)34-10-12-40-13-11-34/h2-5,14,17,38H,1,6-13,15-16H2. The third kappa shape index (κ3) is 4.71. The fourth-order valence-corrected chi connectivity index (χ4v) is 5.89. The van der Waals surface area contributed by atoms with Crippen LogP contribution >= 0.6 is 11.6 Å². The van der Waals surface area contributed by atoms with Gasteiger partial charge in [0.05, 0.1) is 23.8 Å². The van der Waals surface area contributed by atoms with Gasteiger partial charge < -0.3 is 24.5 Å². The molecule has 0 bridgehead atoms. The molecule has 6 rings (SSSR count). The molecule has 0 unspecified atom stereocenters. The molecule has 12 heteroatoms. The molecular weight excluding hydrogens is 542 g/mol. The number of fused-ring (bicyclic) bond motifs is 1. The van der Waals surface area contributed by atoms with E-state index in [1.807, 2.05) is 9.80 Å². The summed E-state index contributed by atoms with van der Waals surface area (Å²) >= 11 is 6.55. The fourth-order valence-electron chi connectivity index (χ4n) is 5.60. The molecule has 0 aliphatic carbocycles. The molecule has 1 N–H and O–H groups in total. The van der Waals surface area contributed by atoms with Crippen LogP contribution in [0.5, 0.6) is 5.75 Å². The summed E-state index contributed by atoms with van der Waals surface area (Å²) < 4.78 is 36.6. The molecule has 3 aliphatic rings. The van der Waals surface area contributed by atoms with Crippen LogP contribution in [0.4, 0.5) is 20.5 Å². The largest absolute Gasteiger partial charge is 0.507 e. The number of phenolic OH excluding ortho intramolecular Hbond substituents is 1. The van der Waals surface area contributed by atoms with E-state index in [0.717, 1.165) is 19.2 Å². The number of carbonyl (C=O) groups excluding carboxylic acids is 1. The Labute approximate surface area is 235 Å². The van der Waals surface area contributed by atoms with E-state index >= 15 is 4.39 Å². The van der Waals surface area contributed by atoms with Crippen LogP contribution < -0.4 is 9.80 Å². The smallest absolute Gasteiger partial charge is 0.246 e. The van der Waals surface area contributed by atoms with Crippen molar-refractivity contribution >= 4 is 40.2 Å². The van der Waals surface area contributed by atoms with E-state index in [2.05, 4.69) is 16.5 Å². The monoisotopic (exact) mass is 570 g/mol. The van der Waals surface area contributed by atoms with Gasteiger partial charge in [-0.2, -0.15) is 4.98 Å². The Bertz CT molecular complexity index is 1450. The molecule has 0 spiro atoms. The van der Waals surface area contributed by atoms with Crippen molar-refractivity contribution in [3.63, 3.8) is 0 Å². The molecule has 3 fully saturated rings. The number of morpholine rings is 1. The molecule has 1 amide bonds. The number of aromatic nitrogens is 2. The lowest BCUT2D eigenvalue weighted by atomic mass is 10.0. The predicted octanol–water partition coefficient (Wildman–Crippen LogP) is 3.29. The van der Waals surface area contributed by atoms with Gasteiger partial charge in [-0.25, -0.2) is 13.8 Å². The van der Waals surface area contributed by atoms with Gasteiger partial charge in [-0.05, 0) is 24.3 Å². The molecule has 40 heavy (non-hydrogen) atoms.